The van der Waals surface area contributed by atoms with Crippen molar-refractivity contribution >= 4 is 29.6 Å². The van der Waals surface area contributed by atoms with E-state index in [1.807, 2.05) is 48.5 Å². The first-order valence-corrected chi connectivity index (χ1v) is 8.21. The van der Waals surface area contributed by atoms with Crippen LogP contribution in [0.2, 0.25) is 0 Å². The van der Waals surface area contributed by atoms with E-state index in [0.717, 1.165) is 11.3 Å². The first-order chi connectivity index (χ1) is 8.95. The highest BCUT2D eigenvalue weighted by Gasteiger charge is 1.88. The number of aromatic nitrogens is 1. The van der Waals surface area contributed by atoms with Crippen LogP contribution >= 0.6 is 21.4 Å². The molecule has 6 heteroatoms. The monoisotopic (exact) mass is 313 g/mol. The molecule has 2 aromatic rings. The van der Waals surface area contributed by atoms with Crippen molar-refractivity contribution < 1.29 is 8.42 Å². The largest absolute Gasteiger partial charge is 0.317 e. The highest BCUT2D eigenvalue weighted by atomic mass is 36.0. The van der Waals surface area contributed by atoms with Gasteiger partial charge in [-0.25, -0.2) is 4.98 Å². The van der Waals surface area contributed by atoms with Crippen LogP contribution in [0.4, 0.5) is 0 Å². The summed E-state index contributed by atoms with van der Waals surface area (Å²) in [6.45, 7) is 0. The van der Waals surface area contributed by atoms with E-state index in [0.29, 0.717) is 0 Å². The number of benzene rings is 1. The van der Waals surface area contributed by atoms with Crippen LogP contribution in [0.25, 0.3) is 0 Å². The molecule has 2 rings (SSSR count). The average Bonchev–Trinajstić information content (AvgIpc) is 2.37. The first-order valence-electron chi connectivity index (χ1n) is 5.07. The molecule has 0 bridgehead atoms. The fraction of sp³-hybridized carbons (Fsp3) is 0. The van der Waals surface area contributed by atoms with Crippen LogP contribution in [-0.4, -0.2) is 13.4 Å². The summed E-state index contributed by atoms with van der Waals surface area (Å²) in [4.78, 5) is 4.12. The van der Waals surface area contributed by atoms with Crippen molar-refractivity contribution in [3.8, 4) is 11.8 Å². The molecule has 0 amide bonds. The van der Waals surface area contributed by atoms with Gasteiger partial charge >= 0.3 is 8.26 Å². The van der Waals surface area contributed by atoms with E-state index in [-0.39, 0.29) is 0 Å². The molecule has 0 fully saturated rings. The van der Waals surface area contributed by atoms with Crippen LogP contribution in [-0.2, 0) is 8.26 Å². The van der Waals surface area contributed by atoms with Crippen molar-refractivity contribution in [2.75, 3.05) is 0 Å². The van der Waals surface area contributed by atoms with Crippen LogP contribution in [0, 0.1) is 11.8 Å². The molecule has 1 aromatic heterocycles. The van der Waals surface area contributed by atoms with Crippen LogP contribution < -0.4 is 0 Å². The van der Waals surface area contributed by atoms with Crippen molar-refractivity contribution in [2.24, 2.45) is 0 Å². The van der Waals surface area contributed by atoms with Gasteiger partial charge in [-0.1, -0.05) is 30.2 Å². The van der Waals surface area contributed by atoms with Gasteiger partial charge in [0, 0.05) is 33.1 Å². The molecule has 0 saturated carbocycles. The van der Waals surface area contributed by atoms with Gasteiger partial charge in [0.05, 0.1) is 0 Å². The Kier molecular flexibility index (Phi) is 6.37. The maximum atomic E-state index is 9.16. The molecule has 0 atom stereocenters. The average molecular weight is 314 g/mol. The summed E-state index contributed by atoms with van der Waals surface area (Å²) >= 11 is 0. The van der Waals surface area contributed by atoms with Crippen molar-refractivity contribution in [1.82, 2.24) is 4.98 Å². The maximum Gasteiger partial charge on any atom is 0.317 e. The Bertz CT molecular complexity index is 611. The third-order valence-corrected chi connectivity index (χ3v) is 1.77. The Balaban J connectivity index is 0.000000312. The lowest BCUT2D eigenvalue weighted by Gasteiger charge is -1.87. The van der Waals surface area contributed by atoms with E-state index < -0.39 is 8.26 Å². The third kappa shape index (κ3) is 9.09. The molecule has 1 heterocycles. The second kappa shape index (κ2) is 7.80. The maximum absolute atomic E-state index is 9.16. The molecule has 0 aliphatic heterocycles. The molecular weight excluding hydrogens is 305 g/mol. The van der Waals surface area contributed by atoms with Gasteiger partial charge in [0.2, 0.25) is 0 Å². The highest BCUT2D eigenvalue weighted by molar-refractivity contribution is 8.31. The second-order valence-corrected chi connectivity index (χ2v) is 6.88. The number of hydrogen-bond donors (Lipinski definition) is 0. The SMILES string of the molecule is C(#Cc1ccccn1)c1ccccc1.O=S(=O)(Cl)Cl. The van der Waals surface area contributed by atoms with E-state index in [4.69, 9.17) is 8.42 Å². The zero-order valence-corrected chi connectivity index (χ0v) is 12.0. The molecule has 3 nitrogen and oxygen atoms in total. The Labute approximate surface area is 121 Å². The summed E-state index contributed by atoms with van der Waals surface area (Å²) in [7, 11) is 4.81. The Morgan fingerprint density at radius 3 is 2.00 bits per heavy atom. The van der Waals surface area contributed by atoms with Crippen molar-refractivity contribution in [2.45, 2.75) is 0 Å². The van der Waals surface area contributed by atoms with Gasteiger partial charge in [0.1, 0.15) is 5.69 Å². The minimum Gasteiger partial charge on any atom is -0.248 e. The standard InChI is InChI=1S/C13H9N.Cl2O2S/c1-2-6-12(7-3-1)9-10-13-8-4-5-11-14-13;1-5(2,3)4/h1-8,11H;. The van der Waals surface area contributed by atoms with Crippen molar-refractivity contribution in [3.05, 3.63) is 66.0 Å². The predicted octanol–water partition coefficient (Wildman–Crippen LogP) is 3.19. The predicted molar refractivity (Wildman–Crippen MR) is 77.3 cm³/mol. The summed E-state index contributed by atoms with van der Waals surface area (Å²) in [5, 5.41) is 0. The summed E-state index contributed by atoms with van der Waals surface area (Å²) < 4.78 is 18.3. The van der Waals surface area contributed by atoms with E-state index >= 15 is 0 Å². The van der Waals surface area contributed by atoms with Crippen LogP contribution in [0.3, 0.4) is 0 Å². The number of hydrogen-bond acceptors (Lipinski definition) is 3. The van der Waals surface area contributed by atoms with Gasteiger partial charge in [0.15, 0.2) is 0 Å². The normalized spacial score (nSPS) is 9.58. The third-order valence-electron chi connectivity index (χ3n) is 1.77. The van der Waals surface area contributed by atoms with E-state index in [2.05, 4.69) is 38.2 Å². The Morgan fingerprint density at radius 1 is 0.895 bits per heavy atom. The van der Waals surface area contributed by atoms with E-state index in [1.54, 1.807) is 6.20 Å². The smallest absolute Gasteiger partial charge is 0.248 e. The molecule has 98 valence electrons. The molecule has 0 aliphatic carbocycles. The molecule has 0 spiro atoms. The summed E-state index contributed by atoms with van der Waals surface area (Å²) in [6, 6.07) is 15.6. The molecule has 1 aromatic carbocycles. The first kappa shape index (κ1) is 15.5. The lowest BCUT2D eigenvalue weighted by atomic mass is 10.2. The zero-order chi connectivity index (χ0) is 14.1. The highest BCUT2D eigenvalue weighted by Crippen LogP contribution is 1.98. The van der Waals surface area contributed by atoms with Crippen LogP contribution in [0.1, 0.15) is 11.3 Å². The fourth-order valence-corrected chi connectivity index (χ4v) is 1.09. The second-order valence-electron chi connectivity index (χ2n) is 3.21. The fourth-order valence-electron chi connectivity index (χ4n) is 1.09. The van der Waals surface area contributed by atoms with Gasteiger partial charge in [-0.15, -0.1) is 0 Å². The van der Waals surface area contributed by atoms with Crippen molar-refractivity contribution in [3.63, 3.8) is 0 Å². The van der Waals surface area contributed by atoms with Gasteiger partial charge in [0.25, 0.3) is 0 Å². The molecule has 0 unspecified atom stereocenters. The minimum atomic E-state index is -3.72. The van der Waals surface area contributed by atoms with Gasteiger partial charge in [-0.2, -0.15) is 8.42 Å². The number of halogens is 2. The molecule has 0 radical (unpaired) electrons. The lowest BCUT2D eigenvalue weighted by molar-refractivity contribution is 0.621. The topological polar surface area (TPSA) is 47.0 Å². The lowest BCUT2D eigenvalue weighted by Crippen LogP contribution is -1.78. The summed E-state index contributed by atoms with van der Waals surface area (Å²) in [6.07, 6.45) is 1.75. The number of nitrogens with zero attached hydrogens (tertiary/aromatic N) is 1. The van der Waals surface area contributed by atoms with Gasteiger partial charge < -0.3 is 0 Å². The molecule has 19 heavy (non-hydrogen) atoms. The molecular formula is C13H9Cl2NO2S. The van der Waals surface area contributed by atoms with Crippen molar-refractivity contribution in [1.29, 1.82) is 0 Å². The Hall–Kier alpha value is -1.54. The Morgan fingerprint density at radius 2 is 1.47 bits per heavy atom. The molecule has 0 saturated heterocycles. The number of pyridine rings is 1. The minimum absolute atomic E-state index is 0.802. The molecule has 0 aliphatic rings. The van der Waals surface area contributed by atoms with E-state index in [1.165, 1.54) is 0 Å². The van der Waals surface area contributed by atoms with Gasteiger partial charge in [-0.05, 0) is 30.2 Å². The number of rotatable bonds is 0. The quantitative estimate of drug-likeness (QED) is 0.554. The van der Waals surface area contributed by atoms with Gasteiger partial charge in [-0.3, -0.25) is 0 Å². The summed E-state index contributed by atoms with van der Waals surface area (Å²) in [5.41, 5.74) is 1.81. The zero-order valence-electron chi connectivity index (χ0n) is 9.62. The van der Waals surface area contributed by atoms with Crippen LogP contribution in [0.15, 0.2) is 54.7 Å². The molecule has 0 N–H and O–H groups in total. The van der Waals surface area contributed by atoms with Crippen LogP contribution in [0.5, 0.6) is 0 Å². The summed E-state index contributed by atoms with van der Waals surface area (Å²) in [5.74, 6) is 6.05. The van der Waals surface area contributed by atoms with E-state index in [9.17, 15) is 0 Å².